The van der Waals surface area contributed by atoms with Gasteiger partial charge in [0.2, 0.25) is 5.91 Å². The van der Waals surface area contributed by atoms with Crippen molar-refractivity contribution in [3.05, 3.63) is 35.4 Å². The number of carbonyl (C=O) groups excluding carboxylic acids is 1. The molecule has 0 saturated carbocycles. The Kier molecular flexibility index (Phi) is 3.79. The van der Waals surface area contributed by atoms with E-state index in [0.29, 0.717) is 0 Å². The molecule has 1 saturated heterocycles. The topological polar surface area (TPSA) is 41.1 Å². The third-order valence-corrected chi connectivity index (χ3v) is 3.31. The molecule has 17 heavy (non-hydrogen) atoms. The van der Waals surface area contributed by atoms with Crippen molar-refractivity contribution in [2.45, 2.75) is 38.8 Å². The van der Waals surface area contributed by atoms with Gasteiger partial charge in [0.05, 0.1) is 12.1 Å². The molecule has 0 radical (unpaired) electrons. The Morgan fingerprint density at radius 2 is 2.12 bits per heavy atom. The maximum absolute atomic E-state index is 11.9. The predicted molar refractivity (Wildman–Crippen MR) is 68.8 cm³/mol. The van der Waals surface area contributed by atoms with Crippen molar-refractivity contribution in [2.75, 3.05) is 6.54 Å². The van der Waals surface area contributed by atoms with Crippen LogP contribution in [0.25, 0.3) is 0 Å². The minimum Gasteiger partial charge on any atom is -0.348 e. The van der Waals surface area contributed by atoms with E-state index in [-0.39, 0.29) is 18.0 Å². The number of amides is 1. The lowest BCUT2D eigenvalue weighted by atomic mass is 10.1. The van der Waals surface area contributed by atoms with Gasteiger partial charge in [0.25, 0.3) is 0 Å². The second-order valence-electron chi connectivity index (χ2n) is 4.79. The Balaban J connectivity index is 1.93. The molecule has 1 aromatic carbocycles. The summed E-state index contributed by atoms with van der Waals surface area (Å²) in [6.45, 7) is 5.05. The molecule has 92 valence electrons. The first-order chi connectivity index (χ1) is 8.16. The lowest BCUT2D eigenvalue weighted by Crippen LogP contribution is -2.41. The minimum absolute atomic E-state index is 0.00268. The molecule has 1 aromatic rings. The zero-order valence-electron chi connectivity index (χ0n) is 10.5. The fourth-order valence-electron chi connectivity index (χ4n) is 2.16. The number of nitrogens with one attached hydrogen (secondary N) is 2. The molecule has 1 fully saturated rings. The van der Waals surface area contributed by atoms with Gasteiger partial charge in [0.1, 0.15) is 0 Å². The van der Waals surface area contributed by atoms with Crippen molar-refractivity contribution in [3.8, 4) is 0 Å². The summed E-state index contributed by atoms with van der Waals surface area (Å²) in [4.78, 5) is 11.9. The normalized spacial score (nSPS) is 21.2. The molecular weight excluding hydrogens is 212 g/mol. The van der Waals surface area contributed by atoms with Gasteiger partial charge in [0, 0.05) is 0 Å². The number of aryl methyl sites for hydroxylation is 1. The highest BCUT2D eigenvalue weighted by Crippen LogP contribution is 2.14. The Morgan fingerprint density at radius 3 is 2.71 bits per heavy atom. The highest BCUT2D eigenvalue weighted by atomic mass is 16.2. The van der Waals surface area contributed by atoms with E-state index in [2.05, 4.69) is 41.8 Å². The van der Waals surface area contributed by atoms with Gasteiger partial charge in [-0.3, -0.25) is 4.79 Å². The monoisotopic (exact) mass is 232 g/mol. The highest BCUT2D eigenvalue weighted by Gasteiger charge is 2.23. The van der Waals surface area contributed by atoms with Crippen LogP contribution in [0.5, 0.6) is 0 Å². The van der Waals surface area contributed by atoms with Crippen LogP contribution in [0.15, 0.2) is 24.3 Å². The van der Waals surface area contributed by atoms with Gasteiger partial charge in [-0.25, -0.2) is 0 Å². The average Bonchev–Trinajstić information content (AvgIpc) is 2.83. The van der Waals surface area contributed by atoms with E-state index < -0.39 is 0 Å². The molecule has 1 amide bonds. The van der Waals surface area contributed by atoms with Crippen molar-refractivity contribution in [1.82, 2.24) is 10.6 Å². The molecular formula is C14H20N2O. The standard InChI is InChI=1S/C14H20N2O/c1-10-5-7-12(8-6-10)11(2)16-14(17)13-4-3-9-15-13/h5-8,11,13,15H,3-4,9H2,1-2H3,(H,16,17)/t11?,13-/m1/s1. The van der Waals surface area contributed by atoms with Crippen LogP contribution in [0.3, 0.4) is 0 Å². The average molecular weight is 232 g/mol. The summed E-state index contributed by atoms with van der Waals surface area (Å²) >= 11 is 0. The summed E-state index contributed by atoms with van der Waals surface area (Å²) in [6.07, 6.45) is 2.05. The Labute approximate surface area is 103 Å². The van der Waals surface area contributed by atoms with Gasteiger partial charge < -0.3 is 10.6 Å². The SMILES string of the molecule is Cc1ccc(C(C)NC(=O)[C@H]2CCCN2)cc1. The Morgan fingerprint density at radius 1 is 1.41 bits per heavy atom. The number of carbonyl (C=O) groups is 1. The smallest absolute Gasteiger partial charge is 0.237 e. The summed E-state index contributed by atoms with van der Waals surface area (Å²) in [5, 5.41) is 6.27. The van der Waals surface area contributed by atoms with Crippen molar-refractivity contribution < 1.29 is 4.79 Å². The zero-order valence-corrected chi connectivity index (χ0v) is 10.5. The second kappa shape index (κ2) is 5.32. The van der Waals surface area contributed by atoms with E-state index in [4.69, 9.17) is 0 Å². The van der Waals surface area contributed by atoms with Crippen molar-refractivity contribution in [1.29, 1.82) is 0 Å². The van der Waals surface area contributed by atoms with E-state index in [1.807, 2.05) is 6.92 Å². The van der Waals surface area contributed by atoms with Gasteiger partial charge in [-0.1, -0.05) is 29.8 Å². The second-order valence-corrected chi connectivity index (χ2v) is 4.79. The minimum atomic E-state index is 0.00268. The first-order valence-electron chi connectivity index (χ1n) is 6.27. The van der Waals surface area contributed by atoms with Gasteiger partial charge in [-0.05, 0) is 38.8 Å². The summed E-state index contributed by atoms with van der Waals surface area (Å²) in [5.41, 5.74) is 2.40. The zero-order chi connectivity index (χ0) is 12.3. The maximum atomic E-state index is 11.9. The fourth-order valence-corrected chi connectivity index (χ4v) is 2.16. The molecule has 2 N–H and O–H groups in total. The molecule has 3 nitrogen and oxygen atoms in total. The first-order valence-corrected chi connectivity index (χ1v) is 6.27. The summed E-state index contributed by atoms with van der Waals surface area (Å²) in [6, 6.07) is 8.37. The third-order valence-electron chi connectivity index (χ3n) is 3.31. The number of rotatable bonds is 3. The van der Waals surface area contributed by atoms with Crippen molar-refractivity contribution >= 4 is 5.91 Å². The maximum Gasteiger partial charge on any atom is 0.237 e. The van der Waals surface area contributed by atoms with Crippen LogP contribution >= 0.6 is 0 Å². The van der Waals surface area contributed by atoms with Gasteiger partial charge in [-0.15, -0.1) is 0 Å². The molecule has 0 aliphatic carbocycles. The molecule has 1 heterocycles. The van der Waals surface area contributed by atoms with Crippen LogP contribution in [0.2, 0.25) is 0 Å². The van der Waals surface area contributed by atoms with Crippen LogP contribution in [-0.4, -0.2) is 18.5 Å². The highest BCUT2D eigenvalue weighted by molar-refractivity contribution is 5.82. The molecule has 1 aliphatic rings. The van der Waals surface area contributed by atoms with E-state index in [1.54, 1.807) is 0 Å². The van der Waals surface area contributed by atoms with Crippen molar-refractivity contribution in [3.63, 3.8) is 0 Å². The van der Waals surface area contributed by atoms with Crippen LogP contribution in [-0.2, 0) is 4.79 Å². The lowest BCUT2D eigenvalue weighted by molar-refractivity contribution is -0.123. The predicted octanol–water partition coefficient (Wildman–Crippen LogP) is 1.92. The largest absolute Gasteiger partial charge is 0.348 e. The molecule has 1 aliphatic heterocycles. The number of hydrogen-bond donors (Lipinski definition) is 2. The molecule has 1 unspecified atom stereocenters. The van der Waals surface area contributed by atoms with E-state index >= 15 is 0 Å². The number of hydrogen-bond acceptors (Lipinski definition) is 2. The molecule has 0 bridgehead atoms. The molecule has 2 rings (SSSR count). The van der Waals surface area contributed by atoms with E-state index in [9.17, 15) is 4.79 Å². The molecule has 2 atom stereocenters. The van der Waals surface area contributed by atoms with Crippen LogP contribution in [0.1, 0.15) is 36.9 Å². The summed E-state index contributed by atoms with van der Waals surface area (Å²) < 4.78 is 0. The summed E-state index contributed by atoms with van der Waals surface area (Å²) in [7, 11) is 0. The van der Waals surface area contributed by atoms with E-state index in [0.717, 1.165) is 24.9 Å². The third kappa shape index (κ3) is 3.07. The van der Waals surface area contributed by atoms with Crippen LogP contribution in [0, 0.1) is 6.92 Å². The van der Waals surface area contributed by atoms with Crippen molar-refractivity contribution in [2.24, 2.45) is 0 Å². The summed E-state index contributed by atoms with van der Waals surface area (Å²) in [5.74, 6) is 0.121. The van der Waals surface area contributed by atoms with Crippen LogP contribution < -0.4 is 10.6 Å². The van der Waals surface area contributed by atoms with Gasteiger partial charge in [0.15, 0.2) is 0 Å². The van der Waals surface area contributed by atoms with Gasteiger partial charge in [-0.2, -0.15) is 0 Å². The van der Waals surface area contributed by atoms with Crippen LogP contribution in [0.4, 0.5) is 0 Å². The fraction of sp³-hybridized carbons (Fsp3) is 0.500. The number of benzene rings is 1. The quantitative estimate of drug-likeness (QED) is 0.836. The first kappa shape index (κ1) is 12.1. The molecule has 3 heteroatoms. The Hall–Kier alpha value is -1.35. The van der Waals surface area contributed by atoms with E-state index in [1.165, 1.54) is 5.56 Å². The molecule has 0 aromatic heterocycles. The Bertz CT molecular complexity index is 380. The van der Waals surface area contributed by atoms with Gasteiger partial charge >= 0.3 is 0 Å². The molecule has 0 spiro atoms. The lowest BCUT2D eigenvalue weighted by Gasteiger charge is -2.17.